The summed E-state index contributed by atoms with van der Waals surface area (Å²) in [5, 5.41) is 11.2. The Morgan fingerprint density at radius 2 is 2.10 bits per heavy atom. The molecule has 0 spiro atoms. The fourth-order valence-corrected chi connectivity index (χ4v) is 3.68. The number of aliphatic carboxylic acids is 1. The summed E-state index contributed by atoms with van der Waals surface area (Å²) in [4.78, 5) is 23.6. The molecule has 0 bridgehead atoms. The van der Waals surface area contributed by atoms with Gasteiger partial charge in [-0.25, -0.2) is 13.2 Å². The minimum absolute atomic E-state index is 0.130. The second-order valence-corrected chi connectivity index (χ2v) is 8.07. The number of carboxylic acids is 1. The molecule has 6 nitrogen and oxygen atoms in total. The molecule has 1 amide bonds. The molecule has 1 aromatic rings. The molecule has 1 atom stereocenters. The summed E-state index contributed by atoms with van der Waals surface area (Å²) in [5.74, 6) is -1.56. The van der Waals surface area contributed by atoms with Gasteiger partial charge in [0.2, 0.25) is 0 Å². The molecule has 0 saturated carbocycles. The van der Waals surface area contributed by atoms with Crippen LogP contribution in [-0.4, -0.2) is 43.5 Å². The molecular weight excluding hydrogens is 314 g/mol. The molecule has 1 aromatic heterocycles. The van der Waals surface area contributed by atoms with Gasteiger partial charge in [-0.05, 0) is 31.6 Å². The predicted molar refractivity (Wildman–Crippen MR) is 82.4 cm³/mol. The summed E-state index contributed by atoms with van der Waals surface area (Å²) in [5.41, 5.74) is 0.790. The van der Waals surface area contributed by atoms with E-state index in [9.17, 15) is 18.0 Å². The molecular formula is C13H17NO5S2. The van der Waals surface area contributed by atoms with Crippen molar-refractivity contribution in [3.8, 4) is 0 Å². The fraction of sp³-hybridized carbons (Fsp3) is 0.385. The minimum atomic E-state index is -3.16. The van der Waals surface area contributed by atoms with E-state index in [0.29, 0.717) is 9.75 Å². The van der Waals surface area contributed by atoms with Crippen molar-refractivity contribution >= 4 is 39.1 Å². The lowest BCUT2D eigenvalue weighted by Crippen LogP contribution is -2.36. The van der Waals surface area contributed by atoms with Gasteiger partial charge in [0.1, 0.15) is 9.84 Å². The van der Waals surface area contributed by atoms with Crippen LogP contribution in [0.4, 0.5) is 0 Å². The second-order valence-electron chi connectivity index (χ2n) is 4.80. The Morgan fingerprint density at radius 1 is 1.48 bits per heavy atom. The lowest BCUT2D eigenvalue weighted by molar-refractivity contribution is -0.131. The zero-order chi connectivity index (χ0) is 16.2. The predicted octanol–water partition coefficient (Wildman–Crippen LogP) is 1.32. The first-order valence-corrected chi connectivity index (χ1v) is 8.96. The Balaban J connectivity index is 2.80. The highest BCUT2D eigenvalue weighted by Crippen LogP contribution is 2.23. The van der Waals surface area contributed by atoms with Crippen molar-refractivity contribution in [2.45, 2.75) is 19.9 Å². The molecule has 1 rings (SSSR count). The molecule has 0 saturated heterocycles. The van der Waals surface area contributed by atoms with Gasteiger partial charge in [-0.2, -0.15) is 0 Å². The molecule has 1 unspecified atom stereocenters. The third kappa shape index (κ3) is 6.09. The highest BCUT2D eigenvalue weighted by molar-refractivity contribution is 7.90. The van der Waals surface area contributed by atoms with Crippen LogP contribution < -0.4 is 5.32 Å². The molecule has 21 heavy (non-hydrogen) atoms. The van der Waals surface area contributed by atoms with Crippen LogP contribution in [0.5, 0.6) is 0 Å². The summed E-state index contributed by atoms with van der Waals surface area (Å²) in [6.07, 6.45) is 3.55. The number of carbonyl (C=O) groups is 2. The van der Waals surface area contributed by atoms with Gasteiger partial charge in [0.15, 0.2) is 0 Å². The number of carbonyl (C=O) groups excluding carboxylic acids is 1. The number of amides is 1. The smallest absolute Gasteiger partial charge is 0.328 e. The molecule has 0 aliphatic heterocycles. The highest BCUT2D eigenvalue weighted by Gasteiger charge is 2.16. The lowest BCUT2D eigenvalue weighted by Gasteiger charge is -2.11. The van der Waals surface area contributed by atoms with Crippen LogP contribution in [-0.2, 0) is 14.6 Å². The van der Waals surface area contributed by atoms with E-state index in [1.807, 2.05) is 0 Å². The number of aryl methyl sites for hydroxylation is 1. The molecule has 116 valence electrons. The first-order chi connectivity index (χ1) is 9.58. The Bertz CT molecular complexity index is 673. The van der Waals surface area contributed by atoms with Crippen molar-refractivity contribution in [3.05, 3.63) is 27.5 Å². The van der Waals surface area contributed by atoms with Crippen LogP contribution in [0.1, 0.15) is 27.0 Å². The number of carboxylic acid groups (broad SMARTS) is 1. The Kier molecular flexibility index (Phi) is 5.68. The van der Waals surface area contributed by atoms with E-state index in [1.54, 1.807) is 19.9 Å². The standard InChI is InChI=1S/C13H17NO5S2/c1-8-6-11(20-10(8)4-5-12(15)16)13(17)14-9(2)7-21(3,18)19/h4-6,9H,7H2,1-3H3,(H,14,17)(H,15,16)/b5-4+. The van der Waals surface area contributed by atoms with E-state index in [4.69, 9.17) is 5.11 Å². The van der Waals surface area contributed by atoms with Crippen LogP contribution >= 0.6 is 11.3 Å². The maximum absolute atomic E-state index is 12.0. The largest absolute Gasteiger partial charge is 0.478 e. The Labute approximate surface area is 127 Å². The SMILES string of the molecule is Cc1cc(C(=O)NC(C)CS(C)(=O)=O)sc1/C=C/C(=O)O. The molecule has 2 N–H and O–H groups in total. The minimum Gasteiger partial charge on any atom is -0.478 e. The van der Waals surface area contributed by atoms with Crippen LogP contribution in [0.2, 0.25) is 0 Å². The van der Waals surface area contributed by atoms with Crippen molar-refractivity contribution in [1.82, 2.24) is 5.32 Å². The summed E-state index contributed by atoms with van der Waals surface area (Å²) in [6, 6.07) is 1.15. The first kappa shape index (κ1) is 17.4. The summed E-state index contributed by atoms with van der Waals surface area (Å²) < 4.78 is 22.3. The van der Waals surface area contributed by atoms with Gasteiger partial charge in [0.05, 0.1) is 10.6 Å². The lowest BCUT2D eigenvalue weighted by atomic mass is 10.2. The van der Waals surface area contributed by atoms with Crippen LogP contribution in [0.3, 0.4) is 0 Å². The van der Waals surface area contributed by atoms with Gasteiger partial charge in [-0.3, -0.25) is 4.79 Å². The first-order valence-electron chi connectivity index (χ1n) is 6.08. The summed E-state index contributed by atoms with van der Waals surface area (Å²) >= 11 is 1.16. The van der Waals surface area contributed by atoms with Gasteiger partial charge in [0.25, 0.3) is 5.91 Å². The van der Waals surface area contributed by atoms with Crippen LogP contribution in [0, 0.1) is 6.92 Å². The van der Waals surface area contributed by atoms with E-state index >= 15 is 0 Å². The zero-order valence-corrected chi connectivity index (χ0v) is 13.5. The Hall–Kier alpha value is -1.67. The van der Waals surface area contributed by atoms with Crippen LogP contribution in [0.15, 0.2) is 12.1 Å². The van der Waals surface area contributed by atoms with Gasteiger partial charge in [-0.1, -0.05) is 0 Å². The van der Waals surface area contributed by atoms with Gasteiger partial charge >= 0.3 is 5.97 Å². The number of rotatable bonds is 6. The van der Waals surface area contributed by atoms with Crippen molar-refractivity contribution < 1.29 is 23.1 Å². The zero-order valence-electron chi connectivity index (χ0n) is 11.9. The monoisotopic (exact) mass is 331 g/mol. The number of nitrogens with one attached hydrogen (secondary N) is 1. The van der Waals surface area contributed by atoms with Gasteiger partial charge in [0, 0.05) is 23.3 Å². The molecule has 0 aliphatic rings. The van der Waals surface area contributed by atoms with E-state index < -0.39 is 21.8 Å². The average Bonchev–Trinajstić information content (AvgIpc) is 2.65. The number of sulfone groups is 1. The molecule has 0 aliphatic carbocycles. The molecule has 1 heterocycles. The topological polar surface area (TPSA) is 101 Å². The summed E-state index contributed by atoms with van der Waals surface area (Å²) in [7, 11) is -3.16. The van der Waals surface area contributed by atoms with Crippen molar-refractivity contribution in [3.63, 3.8) is 0 Å². The number of hydrogen-bond acceptors (Lipinski definition) is 5. The molecule has 0 aromatic carbocycles. The maximum Gasteiger partial charge on any atom is 0.328 e. The maximum atomic E-state index is 12.0. The molecule has 0 fully saturated rings. The third-order valence-electron chi connectivity index (χ3n) is 2.49. The number of hydrogen-bond donors (Lipinski definition) is 2. The molecule has 8 heteroatoms. The third-order valence-corrected chi connectivity index (χ3v) is 4.79. The highest BCUT2D eigenvalue weighted by atomic mass is 32.2. The second kappa shape index (κ2) is 6.86. The normalized spacial score (nSPS) is 13.3. The van der Waals surface area contributed by atoms with E-state index in [1.165, 1.54) is 6.08 Å². The van der Waals surface area contributed by atoms with Crippen molar-refractivity contribution in [2.75, 3.05) is 12.0 Å². The fourth-order valence-electron chi connectivity index (χ4n) is 1.71. The summed E-state index contributed by atoms with van der Waals surface area (Å²) in [6.45, 7) is 3.39. The van der Waals surface area contributed by atoms with Crippen LogP contribution in [0.25, 0.3) is 6.08 Å². The van der Waals surface area contributed by atoms with Crippen molar-refractivity contribution in [2.24, 2.45) is 0 Å². The number of thiophene rings is 1. The Morgan fingerprint density at radius 3 is 2.62 bits per heavy atom. The van der Waals surface area contributed by atoms with Crippen molar-refractivity contribution in [1.29, 1.82) is 0 Å². The average molecular weight is 331 g/mol. The molecule has 0 radical (unpaired) electrons. The van der Waals surface area contributed by atoms with E-state index in [-0.39, 0.29) is 11.7 Å². The van der Waals surface area contributed by atoms with Gasteiger partial charge < -0.3 is 10.4 Å². The van der Waals surface area contributed by atoms with E-state index in [0.717, 1.165) is 29.2 Å². The van der Waals surface area contributed by atoms with E-state index in [2.05, 4.69) is 5.32 Å². The quantitative estimate of drug-likeness (QED) is 0.766. The van der Waals surface area contributed by atoms with Gasteiger partial charge in [-0.15, -0.1) is 11.3 Å².